The Hall–Kier alpha value is -1.17. The molecule has 2 aromatic heterocycles. The molecule has 3 rings (SSSR count). The van der Waals surface area contributed by atoms with Crippen LogP contribution in [0, 0.1) is 0 Å². The van der Waals surface area contributed by atoms with E-state index in [1.54, 1.807) is 17.5 Å². The molecule has 114 valence electrons. The average Bonchev–Trinajstić information content (AvgIpc) is 3.19. The number of oxazole rings is 1. The van der Waals surface area contributed by atoms with Gasteiger partial charge in [0.25, 0.3) is 0 Å². The Balaban J connectivity index is 1.67. The zero-order valence-corrected chi connectivity index (χ0v) is 13.0. The molecule has 0 atom stereocenters. The van der Waals surface area contributed by atoms with Gasteiger partial charge in [-0.05, 0) is 24.3 Å². The third kappa shape index (κ3) is 3.73. The minimum absolute atomic E-state index is 0.189. The van der Waals surface area contributed by atoms with Gasteiger partial charge in [-0.3, -0.25) is 4.90 Å². The van der Waals surface area contributed by atoms with Gasteiger partial charge in [0.2, 0.25) is 5.89 Å². The van der Waals surface area contributed by atoms with Crippen molar-refractivity contribution in [3.63, 3.8) is 0 Å². The van der Waals surface area contributed by atoms with Gasteiger partial charge in [0.05, 0.1) is 24.2 Å². The van der Waals surface area contributed by atoms with Gasteiger partial charge in [-0.15, -0.1) is 11.3 Å². The lowest BCUT2D eigenvalue weighted by Crippen LogP contribution is -2.38. The number of thiophene rings is 1. The van der Waals surface area contributed by atoms with E-state index in [0.717, 1.165) is 16.5 Å². The Bertz CT molecular complexity index is 532. The van der Waals surface area contributed by atoms with Crippen molar-refractivity contribution in [1.82, 2.24) is 9.88 Å². The van der Waals surface area contributed by atoms with Crippen LogP contribution in [0.25, 0.3) is 10.6 Å². The Kier molecular flexibility index (Phi) is 5.06. The molecule has 1 N–H and O–H groups in total. The van der Waals surface area contributed by atoms with Crippen LogP contribution < -0.4 is 0 Å². The Labute approximate surface area is 129 Å². The van der Waals surface area contributed by atoms with Crippen LogP contribution in [-0.4, -0.2) is 34.2 Å². The lowest BCUT2D eigenvalue weighted by Gasteiger charge is -2.32. The summed E-state index contributed by atoms with van der Waals surface area (Å²) in [5.41, 5.74) is 0. The predicted molar refractivity (Wildman–Crippen MR) is 84.2 cm³/mol. The van der Waals surface area contributed by atoms with Gasteiger partial charge in [-0.2, -0.15) is 0 Å². The number of aliphatic hydroxyl groups excluding tert-OH is 1. The summed E-state index contributed by atoms with van der Waals surface area (Å²) in [7, 11) is 0. The highest BCUT2D eigenvalue weighted by Crippen LogP contribution is 2.27. The highest BCUT2D eigenvalue weighted by Gasteiger charge is 2.22. The van der Waals surface area contributed by atoms with Gasteiger partial charge < -0.3 is 9.52 Å². The van der Waals surface area contributed by atoms with Crippen molar-refractivity contribution in [1.29, 1.82) is 0 Å². The van der Waals surface area contributed by atoms with Crippen molar-refractivity contribution in [3.05, 3.63) is 29.6 Å². The summed E-state index contributed by atoms with van der Waals surface area (Å²) in [5.74, 6) is 1.59. The lowest BCUT2D eigenvalue weighted by atomic mass is 9.94. The first-order valence-corrected chi connectivity index (χ1v) is 8.58. The van der Waals surface area contributed by atoms with Gasteiger partial charge in [0.1, 0.15) is 0 Å². The van der Waals surface area contributed by atoms with E-state index < -0.39 is 0 Å². The Morgan fingerprint density at radius 1 is 1.33 bits per heavy atom. The molecule has 0 aromatic carbocycles. The summed E-state index contributed by atoms with van der Waals surface area (Å²) in [4.78, 5) is 7.84. The molecule has 0 bridgehead atoms. The SMILES string of the molecule is OCCN(Cc1ncc(-c2cccs2)o1)C1CCCCC1. The molecule has 1 saturated carbocycles. The third-order valence-electron chi connectivity index (χ3n) is 4.13. The molecule has 5 heteroatoms. The molecular weight excluding hydrogens is 284 g/mol. The summed E-state index contributed by atoms with van der Waals surface area (Å²) in [6.07, 6.45) is 8.17. The molecule has 0 saturated heterocycles. The van der Waals surface area contributed by atoms with E-state index in [1.165, 1.54) is 32.1 Å². The average molecular weight is 306 g/mol. The number of hydrogen-bond donors (Lipinski definition) is 1. The van der Waals surface area contributed by atoms with Crippen molar-refractivity contribution in [3.8, 4) is 10.6 Å². The molecule has 2 heterocycles. The first-order valence-electron chi connectivity index (χ1n) is 7.70. The van der Waals surface area contributed by atoms with E-state index in [1.807, 2.05) is 17.5 Å². The van der Waals surface area contributed by atoms with E-state index in [4.69, 9.17) is 4.42 Å². The van der Waals surface area contributed by atoms with E-state index in [2.05, 4.69) is 9.88 Å². The van der Waals surface area contributed by atoms with Gasteiger partial charge >= 0.3 is 0 Å². The Morgan fingerprint density at radius 3 is 2.90 bits per heavy atom. The van der Waals surface area contributed by atoms with Crippen LogP contribution in [0.5, 0.6) is 0 Å². The van der Waals surface area contributed by atoms with E-state index in [0.29, 0.717) is 19.1 Å². The largest absolute Gasteiger partial charge is 0.438 e. The number of aromatic nitrogens is 1. The zero-order valence-electron chi connectivity index (χ0n) is 12.2. The molecule has 0 spiro atoms. The fourth-order valence-corrected chi connectivity index (χ4v) is 3.73. The standard InChI is InChI=1S/C16H22N2O2S/c19-9-8-18(13-5-2-1-3-6-13)12-16-17-11-14(20-16)15-7-4-10-21-15/h4,7,10-11,13,19H,1-3,5-6,8-9,12H2. The maximum atomic E-state index is 9.31. The minimum Gasteiger partial charge on any atom is -0.438 e. The molecule has 0 aliphatic heterocycles. The number of rotatable bonds is 6. The molecule has 0 amide bonds. The van der Waals surface area contributed by atoms with Crippen LogP contribution in [0.2, 0.25) is 0 Å². The molecule has 1 aliphatic carbocycles. The second-order valence-electron chi connectivity index (χ2n) is 5.58. The van der Waals surface area contributed by atoms with Crippen molar-refractivity contribution >= 4 is 11.3 Å². The van der Waals surface area contributed by atoms with Gasteiger partial charge in [0.15, 0.2) is 5.76 Å². The van der Waals surface area contributed by atoms with E-state index in [9.17, 15) is 5.11 Å². The highest BCUT2D eigenvalue weighted by atomic mass is 32.1. The quantitative estimate of drug-likeness (QED) is 0.887. The summed E-state index contributed by atoms with van der Waals surface area (Å²) >= 11 is 1.66. The summed E-state index contributed by atoms with van der Waals surface area (Å²) < 4.78 is 5.87. The smallest absolute Gasteiger partial charge is 0.209 e. The van der Waals surface area contributed by atoms with Crippen molar-refractivity contribution in [2.24, 2.45) is 0 Å². The zero-order chi connectivity index (χ0) is 14.5. The first-order chi connectivity index (χ1) is 10.4. The monoisotopic (exact) mass is 306 g/mol. The van der Waals surface area contributed by atoms with Gasteiger partial charge in [0, 0.05) is 12.6 Å². The normalized spacial score (nSPS) is 16.7. The van der Waals surface area contributed by atoms with Crippen molar-refractivity contribution < 1.29 is 9.52 Å². The predicted octanol–water partition coefficient (Wildman–Crippen LogP) is 3.53. The number of hydrogen-bond acceptors (Lipinski definition) is 5. The molecule has 2 aromatic rings. The number of aliphatic hydroxyl groups is 1. The highest BCUT2D eigenvalue weighted by molar-refractivity contribution is 7.13. The van der Waals surface area contributed by atoms with Gasteiger partial charge in [-0.1, -0.05) is 25.3 Å². The maximum Gasteiger partial charge on any atom is 0.209 e. The molecule has 0 unspecified atom stereocenters. The molecule has 21 heavy (non-hydrogen) atoms. The number of nitrogens with zero attached hydrogens (tertiary/aromatic N) is 2. The second kappa shape index (κ2) is 7.20. The third-order valence-corrected chi connectivity index (χ3v) is 5.02. The van der Waals surface area contributed by atoms with Crippen molar-refractivity contribution in [2.45, 2.75) is 44.7 Å². The summed E-state index contributed by atoms with van der Waals surface area (Å²) in [6.45, 7) is 1.58. The maximum absolute atomic E-state index is 9.31. The van der Waals surface area contributed by atoms with E-state index >= 15 is 0 Å². The molecule has 1 aliphatic rings. The van der Waals surface area contributed by atoms with Gasteiger partial charge in [-0.25, -0.2) is 4.98 Å². The van der Waals surface area contributed by atoms with Crippen LogP contribution in [0.1, 0.15) is 38.0 Å². The molecule has 4 nitrogen and oxygen atoms in total. The molecule has 1 fully saturated rings. The lowest BCUT2D eigenvalue weighted by molar-refractivity contribution is 0.108. The fraction of sp³-hybridized carbons (Fsp3) is 0.562. The summed E-state index contributed by atoms with van der Waals surface area (Å²) in [5, 5.41) is 11.3. The van der Waals surface area contributed by atoms with Crippen LogP contribution in [-0.2, 0) is 6.54 Å². The minimum atomic E-state index is 0.189. The van der Waals surface area contributed by atoms with Crippen LogP contribution >= 0.6 is 11.3 Å². The van der Waals surface area contributed by atoms with E-state index in [-0.39, 0.29) is 6.61 Å². The first kappa shape index (κ1) is 14.8. The summed E-state index contributed by atoms with van der Waals surface area (Å²) in [6, 6.07) is 4.62. The fourth-order valence-electron chi connectivity index (χ4n) is 3.06. The topological polar surface area (TPSA) is 49.5 Å². The van der Waals surface area contributed by atoms with Crippen LogP contribution in [0.4, 0.5) is 0 Å². The molecular formula is C16H22N2O2S. The van der Waals surface area contributed by atoms with Crippen LogP contribution in [0.15, 0.2) is 28.1 Å². The molecule has 0 radical (unpaired) electrons. The van der Waals surface area contributed by atoms with Crippen molar-refractivity contribution in [2.75, 3.05) is 13.2 Å². The second-order valence-corrected chi connectivity index (χ2v) is 6.53. The van der Waals surface area contributed by atoms with Crippen LogP contribution in [0.3, 0.4) is 0 Å². The Morgan fingerprint density at radius 2 is 2.19 bits per heavy atom.